The topological polar surface area (TPSA) is 98.2 Å². The number of hydrogen-bond donors (Lipinski definition) is 1. The second-order valence-corrected chi connectivity index (χ2v) is 7.13. The van der Waals surface area contributed by atoms with Gasteiger partial charge in [0, 0.05) is 52.4 Å². The maximum Gasteiger partial charge on any atom is 0.352 e. The molecule has 3 rings (SSSR count). The lowest BCUT2D eigenvalue weighted by Gasteiger charge is -2.30. The number of nitrogens with zero attached hydrogens (tertiary/aromatic N) is 2. The van der Waals surface area contributed by atoms with Gasteiger partial charge in [0.2, 0.25) is 0 Å². The first-order chi connectivity index (χ1) is 14.1. The quantitative estimate of drug-likeness (QED) is 0.353. The molecule has 160 valence electrons. The molecule has 1 aromatic heterocycles. The molecule has 8 heteroatoms. The summed E-state index contributed by atoms with van der Waals surface area (Å²) in [5, 5.41) is 10.0. The van der Waals surface area contributed by atoms with Gasteiger partial charge in [-0.25, -0.2) is 9.59 Å². The van der Waals surface area contributed by atoms with Gasteiger partial charge in [-0.15, -0.1) is 0 Å². The van der Waals surface area contributed by atoms with Gasteiger partial charge in [0.25, 0.3) is 5.79 Å². The minimum atomic E-state index is -1.32. The van der Waals surface area contributed by atoms with Crippen LogP contribution in [-0.2, 0) is 25.5 Å². The van der Waals surface area contributed by atoms with Gasteiger partial charge in [-0.05, 0) is 29.8 Å². The molecule has 2 aromatic rings. The molecule has 2 heterocycles. The Labute approximate surface area is 175 Å². The number of benzene rings is 1. The fraction of sp³-hybridized carbons (Fsp3) is 0.318. The van der Waals surface area contributed by atoms with E-state index in [9.17, 15) is 14.7 Å². The van der Waals surface area contributed by atoms with Crippen LogP contribution in [0.15, 0.2) is 60.1 Å². The Morgan fingerprint density at radius 3 is 2.00 bits per heavy atom. The minimum absolute atomic E-state index is 0.0178. The third-order valence-corrected chi connectivity index (χ3v) is 4.08. The van der Waals surface area contributed by atoms with Crippen LogP contribution < -0.4 is 9.64 Å². The Kier molecular flexibility index (Phi) is 7.41. The molecule has 1 N–H and O–H groups in total. The molecule has 1 aromatic carbocycles. The molecule has 0 unspecified atom stereocenters. The van der Waals surface area contributed by atoms with Crippen LogP contribution in [0.3, 0.4) is 0 Å². The van der Waals surface area contributed by atoms with E-state index in [1.165, 1.54) is 19.5 Å². The maximum atomic E-state index is 11.8. The van der Waals surface area contributed by atoms with Crippen LogP contribution in [0.1, 0.15) is 19.4 Å². The summed E-state index contributed by atoms with van der Waals surface area (Å²) in [6, 6.07) is 10.8. The smallest absolute Gasteiger partial charge is 0.352 e. The van der Waals surface area contributed by atoms with E-state index in [1.807, 2.05) is 31.1 Å². The largest absolute Gasteiger partial charge is 0.511 e. The number of esters is 2. The van der Waals surface area contributed by atoms with Gasteiger partial charge < -0.3 is 24.2 Å². The van der Waals surface area contributed by atoms with E-state index in [4.69, 9.17) is 14.2 Å². The molecule has 1 fully saturated rings. The molecule has 1 saturated heterocycles. The molecule has 0 spiro atoms. The van der Waals surface area contributed by atoms with Gasteiger partial charge in [-0.1, -0.05) is 12.1 Å². The number of pyridine rings is 1. The molecule has 8 nitrogen and oxygen atoms in total. The van der Waals surface area contributed by atoms with Crippen molar-refractivity contribution in [1.29, 1.82) is 0 Å². The summed E-state index contributed by atoms with van der Waals surface area (Å²) in [5.74, 6) is -2.81. The van der Waals surface area contributed by atoms with Crippen LogP contribution in [0.25, 0.3) is 0 Å². The first kappa shape index (κ1) is 22.7. The summed E-state index contributed by atoms with van der Waals surface area (Å²) >= 11 is 0. The Morgan fingerprint density at radius 1 is 1.03 bits per heavy atom. The van der Waals surface area contributed by atoms with Crippen molar-refractivity contribution >= 4 is 17.6 Å². The molecule has 1 aliphatic rings. The Morgan fingerprint density at radius 2 is 1.57 bits per heavy atom. The number of ether oxygens (including phenoxy) is 3. The van der Waals surface area contributed by atoms with Crippen molar-refractivity contribution in [3.63, 3.8) is 0 Å². The number of methoxy groups -OCH3 is 1. The van der Waals surface area contributed by atoms with Crippen molar-refractivity contribution in [2.45, 2.75) is 26.1 Å². The van der Waals surface area contributed by atoms with Crippen LogP contribution >= 0.6 is 0 Å². The Bertz CT molecular complexity index is 883. The van der Waals surface area contributed by atoms with Crippen LogP contribution in [0.4, 0.5) is 5.69 Å². The first-order valence-electron chi connectivity index (χ1n) is 9.22. The monoisotopic (exact) mass is 414 g/mol. The van der Waals surface area contributed by atoms with Crippen LogP contribution in [0.2, 0.25) is 0 Å². The summed E-state index contributed by atoms with van der Waals surface area (Å²) < 4.78 is 14.9. The molecular formula is C22H26N2O6. The molecule has 0 saturated carbocycles. The van der Waals surface area contributed by atoms with E-state index in [1.54, 1.807) is 43.8 Å². The third kappa shape index (κ3) is 6.23. The summed E-state index contributed by atoms with van der Waals surface area (Å²) in [7, 11) is 5.56. The minimum Gasteiger partial charge on any atom is -0.511 e. The standard InChI is InChI=1S/C15H16O6.C7H10N2/c1-15(2)20-13(17)12(14(18)21-15)11(16)8-9-4-6-10(19-3)7-5-9;1-9(2)7-3-5-8-6-4-7/h4-7,16H,8H2,1-3H3;3-6H,1-2H3. The van der Waals surface area contributed by atoms with Crippen LogP contribution in [0, 0.1) is 0 Å². The highest BCUT2D eigenvalue weighted by Crippen LogP contribution is 2.25. The van der Waals surface area contributed by atoms with E-state index in [2.05, 4.69) is 4.98 Å². The number of hydrogen-bond acceptors (Lipinski definition) is 8. The van der Waals surface area contributed by atoms with Gasteiger partial charge >= 0.3 is 11.9 Å². The fourth-order valence-electron chi connectivity index (χ4n) is 2.56. The predicted octanol–water partition coefficient (Wildman–Crippen LogP) is 3.03. The van der Waals surface area contributed by atoms with Gasteiger partial charge in [-0.2, -0.15) is 0 Å². The number of allylic oxidation sites excluding steroid dienone is 1. The highest BCUT2D eigenvalue weighted by Gasteiger charge is 2.41. The average molecular weight is 414 g/mol. The molecule has 0 amide bonds. The average Bonchev–Trinajstić information content (AvgIpc) is 2.68. The lowest BCUT2D eigenvalue weighted by Crippen LogP contribution is -2.42. The number of cyclic esters (lactones) is 2. The van der Waals surface area contributed by atoms with Crippen LogP contribution in [0.5, 0.6) is 5.75 Å². The van der Waals surface area contributed by atoms with Gasteiger partial charge in [0.1, 0.15) is 11.5 Å². The highest BCUT2D eigenvalue weighted by atomic mass is 16.7. The third-order valence-electron chi connectivity index (χ3n) is 4.08. The summed E-state index contributed by atoms with van der Waals surface area (Å²) in [6.45, 7) is 2.89. The van der Waals surface area contributed by atoms with E-state index >= 15 is 0 Å². The summed E-state index contributed by atoms with van der Waals surface area (Å²) in [4.78, 5) is 29.5. The number of rotatable bonds is 4. The van der Waals surface area contributed by atoms with E-state index < -0.39 is 23.3 Å². The van der Waals surface area contributed by atoms with E-state index in [0.717, 1.165) is 0 Å². The molecule has 0 aliphatic carbocycles. The number of aliphatic hydroxyl groups is 1. The van der Waals surface area contributed by atoms with Crippen molar-refractivity contribution in [3.05, 3.63) is 65.7 Å². The SMILES string of the molecule is CN(C)c1ccncc1.COc1ccc(CC(O)=C2C(=O)OC(C)(C)OC2=O)cc1. The fourth-order valence-corrected chi connectivity index (χ4v) is 2.56. The second-order valence-electron chi connectivity index (χ2n) is 7.13. The van der Waals surface area contributed by atoms with E-state index in [-0.39, 0.29) is 12.2 Å². The van der Waals surface area contributed by atoms with Crippen molar-refractivity contribution < 1.29 is 28.9 Å². The zero-order chi connectivity index (χ0) is 22.3. The lowest BCUT2D eigenvalue weighted by molar-refractivity contribution is -0.222. The van der Waals surface area contributed by atoms with Crippen molar-refractivity contribution in [2.75, 3.05) is 26.1 Å². The van der Waals surface area contributed by atoms with Gasteiger partial charge in [0.15, 0.2) is 5.57 Å². The van der Waals surface area contributed by atoms with Crippen LogP contribution in [-0.4, -0.2) is 49.0 Å². The first-order valence-corrected chi connectivity index (χ1v) is 9.22. The number of carbonyl (C=O) groups is 2. The number of anilines is 1. The highest BCUT2D eigenvalue weighted by molar-refractivity contribution is 6.15. The number of carbonyl (C=O) groups excluding carboxylic acids is 2. The molecule has 1 aliphatic heterocycles. The Hall–Kier alpha value is -3.55. The van der Waals surface area contributed by atoms with Crippen molar-refractivity contribution in [1.82, 2.24) is 4.98 Å². The molecule has 0 bridgehead atoms. The Balaban J connectivity index is 0.000000297. The molecular weight excluding hydrogens is 388 g/mol. The predicted molar refractivity (Wildman–Crippen MR) is 111 cm³/mol. The van der Waals surface area contributed by atoms with Crippen molar-refractivity contribution in [3.8, 4) is 5.75 Å². The number of aromatic nitrogens is 1. The van der Waals surface area contributed by atoms with E-state index in [0.29, 0.717) is 11.3 Å². The lowest BCUT2D eigenvalue weighted by atomic mass is 10.1. The number of aliphatic hydroxyl groups excluding tert-OH is 1. The molecule has 0 atom stereocenters. The molecule has 30 heavy (non-hydrogen) atoms. The zero-order valence-corrected chi connectivity index (χ0v) is 17.7. The summed E-state index contributed by atoms with van der Waals surface area (Å²) in [5.41, 5.74) is 1.43. The van der Waals surface area contributed by atoms with Gasteiger partial charge in [0.05, 0.1) is 7.11 Å². The van der Waals surface area contributed by atoms with Gasteiger partial charge in [-0.3, -0.25) is 4.98 Å². The van der Waals surface area contributed by atoms with Crippen molar-refractivity contribution in [2.24, 2.45) is 0 Å². The summed E-state index contributed by atoms with van der Waals surface area (Å²) in [6.07, 6.45) is 3.59. The molecule has 0 radical (unpaired) electrons. The normalized spacial score (nSPS) is 14.6. The zero-order valence-electron chi connectivity index (χ0n) is 17.7. The maximum absolute atomic E-state index is 11.8. The second kappa shape index (κ2) is 9.78.